The molecule has 0 bridgehead atoms. The van der Waals surface area contributed by atoms with Crippen LogP contribution in [0.25, 0.3) is 0 Å². The van der Waals surface area contributed by atoms with Crippen molar-refractivity contribution in [1.82, 2.24) is 4.98 Å². The van der Waals surface area contributed by atoms with Crippen LogP contribution in [0.4, 0.5) is 11.5 Å². The third-order valence-electron chi connectivity index (χ3n) is 3.54. The molecule has 0 fully saturated rings. The number of benzene rings is 1. The van der Waals surface area contributed by atoms with Crippen LogP contribution in [0.3, 0.4) is 0 Å². The molecule has 1 aromatic heterocycles. The maximum Gasteiger partial charge on any atom is 0.226 e. The van der Waals surface area contributed by atoms with Crippen LogP contribution >= 0.6 is 0 Å². The van der Waals surface area contributed by atoms with Gasteiger partial charge in [-0.2, -0.15) is 4.98 Å². The third kappa shape index (κ3) is 2.47. The van der Waals surface area contributed by atoms with Crippen molar-refractivity contribution in [2.45, 2.75) is 20.3 Å². The Labute approximate surface area is 128 Å². The van der Waals surface area contributed by atoms with Crippen molar-refractivity contribution in [3.05, 3.63) is 29.3 Å². The highest BCUT2D eigenvalue weighted by Crippen LogP contribution is 2.43. The standard InChI is InChI=1S/C16H19N3O3/c1-3-17-11-7-15(18-4-2)19-16-10(11)5-9-6-12(20)13(21)8-14(9)22-16/h6-8,20-21H,3-5H2,1-2H3,(H2,17,18,19). The number of pyridine rings is 1. The van der Waals surface area contributed by atoms with E-state index in [4.69, 9.17) is 4.74 Å². The van der Waals surface area contributed by atoms with Crippen LogP contribution in [0, 0.1) is 0 Å². The maximum absolute atomic E-state index is 9.66. The zero-order valence-corrected chi connectivity index (χ0v) is 12.6. The van der Waals surface area contributed by atoms with E-state index >= 15 is 0 Å². The van der Waals surface area contributed by atoms with Crippen molar-refractivity contribution in [2.24, 2.45) is 0 Å². The summed E-state index contributed by atoms with van der Waals surface area (Å²) >= 11 is 0. The lowest BCUT2D eigenvalue weighted by Gasteiger charge is -2.23. The minimum absolute atomic E-state index is 0.145. The summed E-state index contributed by atoms with van der Waals surface area (Å²) in [5, 5.41) is 25.8. The Morgan fingerprint density at radius 2 is 1.82 bits per heavy atom. The van der Waals surface area contributed by atoms with Gasteiger partial charge >= 0.3 is 0 Å². The second-order valence-electron chi connectivity index (χ2n) is 5.13. The topological polar surface area (TPSA) is 86.6 Å². The first-order valence-corrected chi connectivity index (χ1v) is 7.36. The predicted octanol–water partition coefficient (Wildman–Crippen LogP) is 3.05. The van der Waals surface area contributed by atoms with Crippen molar-refractivity contribution < 1.29 is 14.9 Å². The zero-order valence-electron chi connectivity index (χ0n) is 12.6. The number of phenolic OH excluding ortho intramolecular Hbond substituents is 2. The molecule has 2 heterocycles. The van der Waals surface area contributed by atoms with Crippen LogP contribution in [0.1, 0.15) is 25.0 Å². The highest BCUT2D eigenvalue weighted by molar-refractivity contribution is 5.66. The highest BCUT2D eigenvalue weighted by atomic mass is 16.5. The molecule has 4 N–H and O–H groups in total. The smallest absolute Gasteiger partial charge is 0.226 e. The lowest BCUT2D eigenvalue weighted by Crippen LogP contribution is -2.11. The van der Waals surface area contributed by atoms with Gasteiger partial charge in [0.1, 0.15) is 11.6 Å². The number of aromatic hydroxyl groups is 2. The van der Waals surface area contributed by atoms with E-state index in [0.717, 1.165) is 35.7 Å². The molecule has 6 nitrogen and oxygen atoms in total. The van der Waals surface area contributed by atoms with Crippen LogP contribution in [0.2, 0.25) is 0 Å². The number of anilines is 2. The number of phenols is 2. The van der Waals surface area contributed by atoms with E-state index in [-0.39, 0.29) is 11.5 Å². The fourth-order valence-corrected chi connectivity index (χ4v) is 2.55. The molecule has 116 valence electrons. The number of hydrogen-bond acceptors (Lipinski definition) is 6. The number of fused-ring (bicyclic) bond motifs is 2. The molecule has 0 saturated carbocycles. The zero-order chi connectivity index (χ0) is 15.7. The summed E-state index contributed by atoms with van der Waals surface area (Å²) < 4.78 is 5.83. The third-order valence-corrected chi connectivity index (χ3v) is 3.54. The van der Waals surface area contributed by atoms with Crippen molar-refractivity contribution in [3.8, 4) is 23.1 Å². The molecule has 2 aromatic rings. The summed E-state index contributed by atoms with van der Waals surface area (Å²) in [6, 6.07) is 4.91. The fraction of sp³-hybridized carbons (Fsp3) is 0.312. The second kappa shape index (κ2) is 5.63. The SMILES string of the molecule is CCNc1cc(NCC)c2c(n1)Oc1cc(O)c(O)cc1C2. The summed E-state index contributed by atoms with van der Waals surface area (Å²) in [4.78, 5) is 4.48. The average molecular weight is 301 g/mol. The molecule has 1 aliphatic heterocycles. The van der Waals surface area contributed by atoms with Gasteiger partial charge in [-0.25, -0.2) is 0 Å². The van der Waals surface area contributed by atoms with Crippen LogP contribution in [0.5, 0.6) is 23.1 Å². The van der Waals surface area contributed by atoms with E-state index in [0.29, 0.717) is 18.1 Å². The Kier molecular flexibility index (Phi) is 3.66. The predicted molar refractivity (Wildman–Crippen MR) is 85.2 cm³/mol. The van der Waals surface area contributed by atoms with Gasteiger partial charge in [-0.3, -0.25) is 0 Å². The van der Waals surface area contributed by atoms with E-state index in [2.05, 4.69) is 15.6 Å². The Balaban J connectivity index is 2.06. The average Bonchev–Trinajstić information content (AvgIpc) is 2.48. The van der Waals surface area contributed by atoms with Crippen molar-refractivity contribution in [1.29, 1.82) is 0 Å². The van der Waals surface area contributed by atoms with E-state index in [1.54, 1.807) is 0 Å². The van der Waals surface area contributed by atoms with Gasteiger partial charge in [0.25, 0.3) is 0 Å². The molecule has 0 saturated heterocycles. The minimum atomic E-state index is -0.197. The summed E-state index contributed by atoms with van der Waals surface area (Å²) in [7, 11) is 0. The molecular formula is C16H19N3O3. The molecule has 3 rings (SSSR count). The Morgan fingerprint density at radius 1 is 1.09 bits per heavy atom. The Morgan fingerprint density at radius 3 is 2.55 bits per heavy atom. The lowest BCUT2D eigenvalue weighted by atomic mass is 10.00. The molecule has 6 heteroatoms. The summed E-state index contributed by atoms with van der Waals surface area (Å²) in [6.45, 7) is 5.59. The van der Waals surface area contributed by atoms with Gasteiger partial charge in [-0.05, 0) is 19.9 Å². The molecule has 0 unspecified atom stereocenters. The van der Waals surface area contributed by atoms with Gasteiger partial charge in [0.2, 0.25) is 5.88 Å². The Bertz CT molecular complexity index is 716. The number of nitrogens with one attached hydrogen (secondary N) is 2. The normalized spacial score (nSPS) is 12.1. The molecule has 0 amide bonds. The minimum Gasteiger partial charge on any atom is -0.504 e. The van der Waals surface area contributed by atoms with Gasteiger partial charge in [0.15, 0.2) is 11.5 Å². The van der Waals surface area contributed by atoms with Crippen LogP contribution in [-0.4, -0.2) is 28.3 Å². The van der Waals surface area contributed by atoms with E-state index in [1.165, 1.54) is 12.1 Å². The van der Waals surface area contributed by atoms with Crippen LogP contribution < -0.4 is 15.4 Å². The van der Waals surface area contributed by atoms with Crippen molar-refractivity contribution in [2.75, 3.05) is 23.7 Å². The molecule has 22 heavy (non-hydrogen) atoms. The molecule has 0 atom stereocenters. The number of ether oxygens (including phenoxy) is 1. The van der Waals surface area contributed by atoms with E-state index < -0.39 is 0 Å². The van der Waals surface area contributed by atoms with Crippen LogP contribution in [-0.2, 0) is 6.42 Å². The summed E-state index contributed by atoms with van der Waals surface area (Å²) in [5.74, 6) is 1.44. The first-order chi connectivity index (χ1) is 10.6. The summed E-state index contributed by atoms with van der Waals surface area (Å²) in [5.41, 5.74) is 2.72. The highest BCUT2D eigenvalue weighted by Gasteiger charge is 2.23. The van der Waals surface area contributed by atoms with E-state index in [1.807, 2.05) is 19.9 Å². The van der Waals surface area contributed by atoms with Gasteiger partial charge in [0, 0.05) is 48.5 Å². The summed E-state index contributed by atoms with van der Waals surface area (Å²) in [6.07, 6.45) is 0.584. The number of hydrogen-bond donors (Lipinski definition) is 4. The van der Waals surface area contributed by atoms with Gasteiger partial charge < -0.3 is 25.6 Å². The van der Waals surface area contributed by atoms with Crippen LogP contribution in [0.15, 0.2) is 18.2 Å². The van der Waals surface area contributed by atoms with Gasteiger partial charge in [-0.1, -0.05) is 0 Å². The number of aromatic nitrogens is 1. The van der Waals surface area contributed by atoms with Gasteiger partial charge in [0.05, 0.1) is 0 Å². The molecular weight excluding hydrogens is 282 g/mol. The molecule has 0 radical (unpaired) electrons. The Hall–Kier alpha value is -2.63. The number of rotatable bonds is 4. The molecule has 0 aliphatic carbocycles. The first kappa shape index (κ1) is 14.3. The van der Waals surface area contributed by atoms with Crippen molar-refractivity contribution >= 4 is 11.5 Å². The first-order valence-electron chi connectivity index (χ1n) is 7.36. The maximum atomic E-state index is 9.66. The quantitative estimate of drug-likeness (QED) is 0.554. The fourth-order valence-electron chi connectivity index (χ4n) is 2.55. The molecule has 1 aromatic carbocycles. The second-order valence-corrected chi connectivity index (χ2v) is 5.13. The van der Waals surface area contributed by atoms with Gasteiger partial charge in [-0.15, -0.1) is 0 Å². The number of nitrogens with zero attached hydrogens (tertiary/aromatic N) is 1. The largest absolute Gasteiger partial charge is 0.504 e. The monoisotopic (exact) mass is 301 g/mol. The molecule has 0 spiro atoms. The lowest BCUT2D eigenvalue weighted by molar-refractivity contribution is 0.391. The molecule has 1 aliphatic rings. The van der Waals surface area contributed by atoms with Crippen molar-refractivity contribution in [3.63, 3.8) is 0 Å². The van der Waals surface area contributed by atoms with E-state index in [9.17, 15) is 10.2 Å².